The van der Waals surface area contributed by atoms with Gasteiger partial charge in [-0.25, -0.2) is 0 Å². The number of hydrogen-bond donors (Lipinski definition) is 0. The van der Waals surface area contributed by atoms with Crippen molar-refractivity contribution in [3.63, 3.8) is 0 Å². The molecule has 2 atom stereocenters. The van der Waals surface area contributed by atoms with Gasteiger partial charge in [0.1, 0.15) is 0 Å². The summed E-state index contributed by atoms with van der Waals surface area (Å²) in [7, 11) is 0. The fraction of sp³-hybridized carbons (Fsp3) is 0.786. The monoisotopic (exact) mass is 775 g/mol. The first kappa shape index (κ1) is 54.4. The van der Waals surface area contributed by atoms with Crippen LogP contribution in [-0.4, -0.2) is 0 Å². The molecule has 0 amide bonds. The molecule has 56 heavy (non-hydrogen) atoms. The second-order valence-electron chi connectivity index (χ2n) is 26.4. The van der Waals surface area contributed by atoms with Gasteiger partial charge >= 0.3 is 0 Å². The van der Waals surface area contributed by atoms with Gasteiger partial charge in [-0.1, -0.05) is 222 Å². The highest BCUT2D eigenvalue weighted by Crippen LogP contribution is 2.48. The Kier molecular flexibility index (Phi) is 19.6. The third-order valence-corrected chi connectivity index (χ3v) is 13.3. The summed E-state index contributed by atoms with van der Waals surface area (Å²) in [5.41, 5.74) is 8.80. The molecule has 0 radical (unpaired) electrons. The minimum absolute atomic E-state index is 0. The molecule has 0 heteroatoms. The van der Waals surface area contributed by atoms with Crippen molar-refractivity contribution in [2.75, 3.05) is 0 Å². The Morgan fingerprint density at radius 1 is 0.304 bits per heavy atom. The van der Waals surface area contributed by atoms with Crippen LogP contribution in [0.5, 0.6) is 0 Å². The summed E-state index contributed by atoms with van der Waals surface area (Å²) >= 11 is 0. The van der Waals surface area contributed by atoms with Crippen molar-refractivity contribution in [3.05, 3.63) is 70.8 Å². The van der Waals surface area contributed by atoms with E-state index in [0.29, 0.717) is 21.7 Å². The van der Waals surface area contributed by atoms with E-state index in [1.165, 1.54) is 67.2 Å². The molecule has 326 valence electrons. The lowest BCUT2D eigenvalue weighted by atomic mass is 9.64. The molecule has 2 aromatic rings. The lowest BCUT2D eigenvalue weighted by Gasteiger charge is -2.41. The maximum absolute atomic E-state index is 2.40. The zero-order valence-corrected chi connectivity index (χ0v) is 41.9. The molecule has 0 heterocycles. The van der Waals surface area contributed by atoms with E-state index in [9.17, 15) is 0 Å². The van der Waals surface area contributed by atoms with Crippen LogP contribution in [0.4, 0.5) is 0 Å². The molecule has 0 N–H and O–H groups in total. The molecule has 2 unspecified atom stereocenters. The van der Waals surface area contributed by atoms with Crippen molar-refractivity contribution < 1.29 is 0 Å². The van der Waals surface area contributed by atoms with E-state index in [1.54, 1.807) is 0 Å². The largest absolute Gasteiger partial charge is 0.0776 e. The Balaban J connectivity index is 0.000000716. The molecule has 2 fully saturated rings. The Labute approximate surface area is 355 Å². The predicted molar refractivity (Wildman–Crippen MR) is 259 cm³/mol. The van der Waals surface area contributed by atoms with E-state index in [0.717, 1.165) is 23.7 Å². The van der Waals surface area contributed by atoms with E-state index < -0.39 is 0 Å². The molecule has 0 bridgehead atoms. The van der Waals surface area contributed by atoms with E-state index >= 15 is 0 Å². The summed E-state index contributed by atoms with van der Waals surface area (Å²) in [6.45, 7) is 55.8. The van der Waals surface area contributed by atoms with Crippen LogP contribution in [0.25, 0.3) is 0 Å². The number of rotatable bonds is 0. The smallest absolute Gasteiger partial charge is 0.0132 e. The molecule has 2 saturated carbocycles. The second-order valence-corrected chi connectivity index (χ2v) is 26.4. The fourth-order valence-corrected chi connectivity index (χ4v) is 8.30. The number of hydrogen-bond acceptors (Lipinski definition) is 0. The van der Waals surface area contributed by atoms with Gasteiger partial charge in [-0.15, -0.1) is 0 Å². The molecule has 0 saturated heterocycles. The molecule has 0 aliphatic heterocycles. The molecule has 0 aromatic heterocycles. The average Bonchev–Trinajstić information content (AvgIpc) is 3.53. The van der Waals surface area contributed by atoms with Crippen LogP contribution < -0.4 is 0 Å². The molecule has 0 nitrogen and oxygen atoms in total. The van der Waals surface area contributed by atoms with Crippen LogP contribution in [0, 0.1) is 45.3 Å². The van der Waals surface area contributed by atoms with E-state index in [-0.39, 0.29) is 29.1 Å². The second kappa shape index (κ2) is 20.1. The van der Waals surface area contributed by atoms with Crippen LogP contribution in [0.1, 0.15) is 241 Å². The van der Waals surface area contributed by atoms with Gasteiger partial charge in [0.05, 0.1) is 0 Å². The van der Waals surface area contributed by atoms with Crippen molar-refractivity contribution in [1.82, 2.24) is 0 Å². The van der Waals surface area contributed by atoms with Gasteiger partial charge in [0.25, 0.3) is 0 Å². The van der Waals surface area contributed by atoms with Crippen LogP contribution >= 0.6 is 0 Å². The standard InChI is InChI=1S/C14H28.2C14H22.C13H26.CH4/c2*1-13(2,3)11-7-9-12(10-8-11)14(4,5)6;1-13(2,3)11-8-7-9-12(10-11)14(4,5)6;1-12(2,3)10-7-8-11(9-10)13(4,5)6;/h11-12H,7-10H2,1-6H3;2*7-10H,1-6H3;10-11H,7-9H2,1-6H3;1H4. The maximum Gasteiger partial charge on any atom is -0.0132 e. The van der Waals surface area contributed by atoms with Crippen LogP contribution in [0.3, 0.4) is 0 Å². The molecular weight excluding hydrogens is 673 g/mol. The highest BCUT2D eigenvalue weighted by atomic mass is 14.4. The predicted octanol–water partition coefficient (Wildman–Crippen LogP) is 18.6. The summed E-state index contributed by atoms with van der Waals surface area (Å²) in [4.78, 5) is 0. The Bertz CT molecular complexity index is 1260. The van der Waals surface area contributed by atoms with Gasteiger partial charge in [-0.3, -0.25) is 0 Å². The van der Waals surface area contributed by atoms with Crippen molar-refractivity contribution in [1.29, 1.82) is 0 Å². The fourth-order valence-electron chi connectivity index (χ4n) is 8.30. The van der Waals surface area contributed by atoms with Crippen LogP contribution in [-0.2, 0) is 21.7 Å². The lowest BCUT2D eigenvalue weighted by molar-refractivity contribution is 0.0970. The minimum Gasteiger partial charge on any atom is -0.0776 e. The zero-order valence-electron chi connectivity index (χ0n) is 41.9. The Morgan fingerprint density at radius 3 is 0.696 bits per heavy atom. The average molecular weight is 775 g/mol. The third-order valence-electron chi connectivity index (χ3n) is 13.3. The van der Waals surface area contributed by atoms with E-state index in [1.807, 2.05) is 0 Å². The SMILES string of the molecule is C.CC(C)(C)C1CCC(C(C)(C)C)C1.CC(C)(C)C1CCC(C(C)(C)C)CC1.CC(C)(C)c1ccc(C(C)(C)C)cc1.CC(C)(C)c1cccc(C(C)(C)C)c1. The molecule has 2 aliphatic carbocycles. The van der Waals surface area contributed by atoms with Crippen LogP contribution in [0.15, 0.2) is 48.5 Å². The normalized spacial score (nSPS) is 21.3. The van der Waals surface area contributed by atoms with E-state index in [2.05, 4.69) is 215 Å². The highest BCUT2D eigenvalue weighted by Gasteiger charge is 2.38. The first-order chi connectivity index (χ1) is 24.3. The van der Waals surface area contributed by atoms with Crippen LogP contribution in [0.2, 0.25) is 0 Å². The van der Waals surface area contributed by atoms with Gasteiger partial charge in [0.15, 0.2) is 0 Å². The first-order valence-corrected chi connectivity index (χ1v) is 22.6. The summed E-state index contributed by atoms with van der Waals surface area (Å²) in [6.07, 6.45) is 10.2. The molecule has 0 spiro atoms. The van der Waals surface area contributed by atoms with Crippen molar-refractivity contribution in [2.45, 2.75) is 240 Å². The van der Waals surface area contributed by atoms with Gasteiger partial charge in [0, 0.05) is 0 Å². The Hall–Kier alpha value is -1.56. The maximum atomic E-state index is 2.40. The van der Waals surface area contributed by atoms with Crippen molar-refractivity contribution in [2.24, 2.45) is 45.3 Å². The van der Waals surface area contributed by atoms with Gasteiger partial charge < -0.3 is 0 Å². The van der Waals surface area contributed by atoms with Gasteiger partial charge in [-0.2, -0.15) is 0 Å². The van der Waals surface area contributed by atoms with Gasteiger partial charge in [0.2, 0.25) is 0 Å². The Morgan fingerprint density at radius 2 is 0.518 bits per heavy atom. The zero-order chi connectivity index (χ0) is 43.2. The summed E-state index contributed by atoms with van der Waals surface area (Å²) in [5.74, 6) is 3.83. The van der Waals surface area contributed by atoms with E-state index in [4.69, 9.17) is 0 Å². The third kappa shape index (κ3) is 19.0. The molecule has 4 rings (SSSR count). The summed E-state index contributed by atoms with van der Waals surface area (Å²) < 4.78 is 0. The molecule has 2 aliphatic rings. The van der Waals surface area contributed by atoms with Crippen molar-refractivity contribution in [3.8, 4) is 0 Å². The first-order valence-electron chi connectivity index (χ1n) is 22.6. The molecular formula is C56H102. The minimum atomic E-state index is 0. The topological polar surface area (TPSA) is 0 Å². The quantitative estimate of drug-likeness (QED) is 0.250. The highest BCUT2D eigenvalue weighted by molar-refractivity contribution is 5.32. The molecule has 2 aromatic carbocycles. The lowest BCUT2D eigenvalue weighted by Crippen LogP contribution is -2.30. The van der Waals surface area contributed by atoms with Gasteiger partial charge in [-0.05, 0) is 134 Å². The van der Waals surface area contributed by atoms with Crippen molar-refractivity contribution >= 4 is 0 Å². The summed E-state index contributed by atoms with van der Waals surface area (Å²) in [6, 6.07) is 17.9. The summed E-state index contributed by atoms with van der Waals surface area (Å²) in [5, 5.41) is 0. The number of benzene rings is 2.